The third-order valence-electron chi connectivity index (χ3n) is 4.54. The highest BCUT2D eigenvalue weighted by atomic mass is 35.5. The summed E-state index contributed by atoms with van der Waals surface area (Å²) in [5, 5.41) is 12.4. The smallest absolute Gasteiger partial charge is 0.191 e. The average molecular weight is 360 g/mol. The van der Waals surface area contributed by atoms with Crippen LogP contribution < -0.4 is 10.6 Å². The molecule has 2 aromatic rings. The molecule has 1 aromatic carbocycles. The lowest BCUT2D eigenvalue weighted by molar-refractivity contribution is 0.499. The predicted molar refractivity (Wildman–Crippen MR) is 103 cm³/mol. The molecule has 5 nitrogen and oxygen atoms in total. The number of aromatic nitrogens is 2. The van der Waals surface area contributed by atoms with Gasteiger partial charge in [-0.15, -0.1) is 0 Å². The van der Waals surface area contributed by atoms with E-state index in [1.807, 2.05) is 18.2 Å². The Morgan fingerprint density at radius 1 is 1.44 bits per heavy atom. The Morgan fingerprint density at radius 3 is 3.00 bits per heavy atom. The summed E-state index contributed by atoms with van der Waals surface area (Å²) in [7, 11) is 1.80. The summed E-state index contributed by atoms with van der Waals surface area (Å²) in [6.07, 6.45) is 5.29. The lowest BCUT2D eigenvalue weighted by Gasteiger charge is -2.24. The van der Waals surface area contributed by atoms with Crippen molar-refractivity contribution in [2.45, 2.75) is 51.7 Å². The van der Waals surface area contributed by atoms with E-state index < -0.39 is 0 Å². The molecule has 1 aromatic heterocycles. The fourth-order valence-corrected chi connectivity index (χ4v) is 3.33. The molecule has 3 rings (SSSR count). The minimum absolute atomic E-state index is 0.355. The largest absolute Gasteiger partial charge is 0.353 e. The zero-order chi connectivity index (χ0) is 17.8. The van der Waals surface area contributed by atoms with Gasteiger partial charge in [-0.05, 0) is 49.9 Å². The number of nitrogens with one attached hydrogen (secondary N) is 2. The van der Waals surface area contributed by atoms with Crippen molar-refractivity contribution in [2.24, 2.45) is 4.99 Å². The molecule has 1 heterocycles. The van der Waals surface area contributed by atoms with Crippen molar-refractivity contribution in [1.29, 1.82) is 0 Å². The van der Waals surface area contributed by atoms with Crippen LogP contribution in [0, 0.1) is 0 Å². The normalized spacial score (nSPS) is 17.5. The second-order valence-corrected chi connectivity index (χ2v) is 7.25. The zero-order valence-corrected chi connectivity index (χ0v) is 15.8. The topological polar surface area (TPSA) is 54.2 Å². The number of benzene rings is 1. The Balaban J connectivity index is 1.57. The minimum atomic E-state index is 0.355. The summed E-state index contributed by atoms with van der Waals surface area (Å²) in [4.78, 5) is 4.34. The number of halogens is 1. The fraction of sp³-hybridized carbons (Fsp3) is 0.474. The van der Waals surface area contributed by atoms with Gasteiger partial charge in [0.15, 0.2) is 5.96 Å². The van der Waals surface area contributed by atoms with Gasteiger partial charge in [0.05, 0.1) is 5.69 Å². The van der Waals surface area contributed by atoms with Gasteiger partial charge in [-0.1, -0.05) is 23.7 Å². The van der Waals surface area contributed by atoms with E-state index in [9.17, 15) is 0 Å². The van der Waals surface area contributed by atoms with Crippen LogP contribution in [0.1, 0.15) is 43.1 Å². The first kappa shape index (κ1) is 17.8. The summed E-state index contributed by atoms with van der Waals surface area (Å²) in [6.45, 7) is 5.02. The van der Waals surface area contributed by atoms with Crippen molar-refractivity contribution in [3.05, 3.63) is 52.3 Å². The maximum absolute atomic E-state index is 6.04. The van der Waals surface area contributed by atoms with Crippen LogP contribution >= 0.6 is 11.6 Å². The monoisotopic (exact) mass is 359 g/mol. The quantitative estimate of drug-likeness (QED) is 0.650. The lowest BCUT2D eigenvalue weighted by Crippen LogP contribution is -2.45. The van der Waals surface area contributed by atoms with Gasteiger partial charge in [0.25, 0.3) is 0 Å². The molecule has 0 amide bonds. The highest BCUT2D eigenvalue weighted by Gasteiger charge is 2.22. The van der Waals surface area contributed by atoms with Crippen molar-refractivity contribution >= 4 is 17.6 Å². The van der Waals surface area contributed by atoms with E-state index in [4.69, 9.17) is 16.7 Å². The molecule has 1 aliphatic rings. The fourth-order valence-electron chi connectivity index (χ4n) is 3.12. The summed E-state index contributed by atoms with van der Waals surface area (Å²) in [6, 6.07) is 8.63. The Kier molecular flexibility index (Phi) is 5.63. The third-order valence-corrected chi connectivity index (χ3v) is 4.77. The Morgan fingerprint density at radius 2 is 2.28 bits per heavy atom. The summed E-state index contributed by atoms with van der Waals surface area (Å²) >= 11 is 6.04. The molecule has 0 saturated heterocycles. The van der Waals surface area contributed by atoms with Gasteiger partial charge < -0.3 is 10.6 Å². The van der Waals surface area contributed by atoms with E-state index in [1.54, 1.807) is 7.05 Å². The van der Waals surface area contributed by atoms with E-state index in [2.05, 4.69) is 46.4 Å². The second-order valence-electron chi connectivity index (χ2n) is 6.81. The number of aryl methyl sites for hydroxylation is 1. The number of guanidine groups is 1. The van der Waals surface area contributed by atoms with Crippen LogP contribution in [0.15, 0.2) is 35.5 Å². The number of fused-ring (bicyclic) bond motifs is 1. The van der Waals surface area contributed by atoms with Crippen molar-refractivity contribution in [3.63, 3.8) is 0 Å². The lowest BCUT2D eigenvalue weighted by atomic mass is 9.94. The van der Waals surface area contributed by atoms with Crippen LogP contribution in [0.5, 0.6) is 0 Å². The molecule has 6 heteroatoms. The number of aliphatic imine (C=N–C) groups is 1. The van der Waals surface area contributed by atoms with E-state index >= 15 is 0 Å². The van der Waals surface area contributed by atoms with E-state index in [1.165, 1.54) is 11.3 Å². The molecular weight excluding hydrogens is 334 g/mol. The molecule has 1 unspecified atom stereocenters. The maximum Gasteiger partial charge on any atom is 0.191 e. The molecule has 0 radical (unpaired) electrons. The van der Waals surface area contributed by atoms with Crippen molar-refractivity contribution in [2.75, 3.05) is 7.05 Å². The van der Waals surface area contributed by atoms with Crippen LogP contribution in [0.25, 0.3) is 0 Å². The van der Waals surface area contributed by atoms with Gasteiger partial charge >= 0.3 is 0 Å². The summed E-state index contributed by atoms with van der Waals surface area (Å²) in [5.41, 5.74) is 3.73. The van der Waals surface area contributed by atoms with Crippen LogP contribution in [0.4, 0.5) is 0 Å². The van der Waals surface area contributed by atoms with Gasteiger partial charge in [0, 0.05) is 43.3 Å². The molecule has 0 fully saturated rings. The first-order valence-corrected chi connectivity index (χ1v) is 9.21. The minimum Gasteiger partial charge on any atom is -0.353 e. The highest BCUT2D eigenvalue weighted by molar-refractivity contribution is 6.30. The number of hydrogen-bond acceptors (Lipinski definition) is 2. The van der Waals surface area contributed by atoms with Gasteiger partial charge in [0.1, 0.15) is 0 Å². The standard InChI is InChI=1S/C19H26ClN5/c1-13(2)25-12-15-7-8-17(10-18(15)24-25)23-19(21-3)22-11-14-5-4-6-16(20)9-14/h4-6,9,12-13,17H,7-8,10-11H2,1-3H3,(H2,21,22,23). The van der Waals surface area contributed by atoms with Crippen LogP contribution in [0.3, 0.4) is 0 Å². The van der Waals surface area contributed by atoms with Crippen molar-refractivity contribution in [1.82, 2.24) is 20.4 Å². The molecule has 0 spiro atoms. The molecular formula is C19H26ClN5. The molecule has 134 valence electrons. The molecule has 0 saturated carbocycles. The predicted octanol–water partition coefficient (Wildman–Crippen LogP) is 3.34. The van der Waals surface area contributed by atoms with Crippen molar-refractivity contribution in [3.8, 4) is 0 Å². The molecule has 1 atom stereocenters. The number of nitrogens with zero attached hydrogens (tertiary/aromatic N) is 3. The Hall–Kier alpha value is -2.01. The average Bonchev–Trinajstić information content (AvgIpc) is 3.02. The first-order chi connectivity index (χ1) is 12.0. The molecule has 1 aliphatic carbocycles. The SMILES string of the molecule is CN=C(NCc1cccc(Cl)c1)NC1CCc2cn(C(C)C)nc2C1. The van der Waals surface area contributed by atoms with E-state index in [0.717, 1.165) is 35.8 Å². The summed E-state index contributed by atoms with van der Waals surface area (Å²) < 4.78 is 2.07. The van der Waals surface area contributed by atoms with Gasteiger partial charge in [-0.3, -0.25) is 9.67 Å². The van der Waals surface area contributed by atoms with Crippen LogP contribution in [-0.2, 0) is 19.4 Å². The van der Waals surface area contributed by atoms with Gasteiger partial charge in [0.2, 0.25) is 0 Å². The Labute approximate surface area is 154 Å². The second kappa shape index (κ2) is 7.91. The molecule has 0 aliphatic heterocycles. The zero-order valence-electron chi connectivity index (χ0n) is 15.1. The third kappa shape index (κ3) is 4.54. The molecule has 2 N–H and O–H groups in total. The van der Waals surface area contributed by atoms with Crippen LogP contribution in [-0.4, -0.2) is 28.8 Å². The maximum atomic E-state index is 6.04. The van der Waals surface area contributed by atoms with Gasteiger partial charge in [-0.25, -0.2) is 0 Å². The van der Waals surface area contributed by atoms with E-state index in [0.29, 0.717) is 18.6 Å². The number of rotatable bonds is 4. The summed E-state index contributed by atoms with van der Waals surface area (Å²) in [5.74, 6) is 0.816. The van der Waals surface area contributed by atoms with Gasteiger partial charge in [-0.2, -0.15) is 5.10 Å². The first-order valence-electron chi connectivity index (χ1n) is 8.83. The molecule has 0 bridgehead atoms. The number of hydrogen-bond donors (Lipinski definition) is 2. The van der Waals surface area contributed by atoms with E-state index in [-0.39, 0.29) is 0 Å². The van der Waals surface area contributed by atoms with Crippen molar-refractivity contribution < 1.29 is 0 Å². The Bertz CT molecular complexity index is 750. The van der Waals surface area contributed by atoms with Crippen LogP contribution in [0.2, 0.25) is 5.02 Å². The highest BCUT2D eigenvalue weighted by Crippen LogP contribution is 2.21. The molecule has 25 heavy (non-hydrogen) atoms.